The van der Waals surface area contributed by atoms with Gasteiger partial charge < -0.3 is 10.1 Å². The number of amides is 5. The molecule has 31 heavy (non-hydrogen) atoms. The van der Waals surface area contributed by atoms with Crippen molar-refractivity contribution in [2.24, 2.45) is 0 Å². The Morgan fingerprint density at radius 3 is 2.19 bits per heavy atom. The molecule has 0 fully saturated rings. The number of carbonyl (C=O) groups excluding carboxylic acids is 5. The number of ether oxygens (including phenoxy) is 1. The van der Waals surface area contributed by atoms with Crippen LogP contribution in [0.25, 0.3) is 0 Å². The van der Waals surface area contributed by atoms with Crippen molar-refractivity contribution in [1.29, 1.82) is 0 Å². The number of aryl methyl sites for hydroxylation is 1. The summed E-state index contributed by atoms with van der Waals surface area (Å²) in [6, 6.07) is 9.56. The Hall–Kier alpha value is -4.01. The van der Waals surface area contributed by atoms with Gasteiger partial charge in [-0.05, 0) is 50.1 Å². The van der Waals surface area contributed by atoms with Gasteiger partial charge in [0.25, 0.3) is 17.7 Å². The van der Waals surface area contributed by atoms with Crippen LogP contribution < -0.4 is 10.6 Å². The Morgan fingerprint density at radius 1 is 0.968 bits per heavy atom. The zero-order valence-corrected chi connectivity index (χ0v) is 17.2. The third-order valence-corrected chi connectivity index (χ3v) is 5.01. The maximum Gasteiger partial charge on any atom is 0.329 e. The van der Waals surface area contributed by atoms with Crippen LogP contribution in [-0.4, -0.2) is 47.3 Å². The first-order valence-corrected chi connectivity index (χ1v) is 9.51. The summed E-state index contributed by atoms with van der Waals surface area (Å²) in [6.07, 6.45) is 0. The minimum Gasteiger partial charge on any atom is -0.454 e. The molecule has 1 unspecified atom stereocenters. The first kappa shape index (κ1) is 21.7. The summed E-state index contributed by atoms with van der Waals surface area (Å²) in [5, 5.41) is 4.61. The SMILES string of the molecule is Cc1cccc(NC(=O)NC(=O)COC(=O)C(C)N2C(=O)c3ccccc3C2=O)c1C. The van der Waals surface area contributed by atoms with Gasteiger partial charge in [-0.1, -0.05) is 24.3 Å². The van der Waals surface area contributed by atoms with E-state index in [2.05, 4.69) is 10.6 Å². The third kappa shape index (κ3) is 4.45. The van der Waals surface area contributed by atoms with Crippen molar-refractivity contribution in [1.82, 2.24) is 10.2 Å². The van der Waals surface area contributed by atoms with Crippen LogP contribution in [0.5, 0.6) is 0 Å². The molecule has 1 aliphatic rings. The van der Waals surface area contributed by atoms with Gasteiger partial charge in [0.2, 0.25) is 0 Å². The molecule has 0 saturated carbocycles. The summed E-state index contributed by atoms with van der Waals surface area (Å²) in [6.45, 7) is 4.30. The van der Waals surface area contributed by atoms with E-state index in [0.717, 1.165) is 16.0 Å². The average Bonchev–Trinajstić information content (AvgIpc) is 2.99. The number of hydrogen-bond donors (Lipinski definition) is 2. The molecule has 0 bridgehead atoms. The second kappa shape index (κ2) is 8.78. The standard InChI is InChI=1S/C22H21N3O6/c1-12-7-6-10-17(13(12)2)23-22(30)24-18(26)11-31-21(29)14(3)25-19(27)15-8-4-5-9-16(15)20(25)28/h4-10,14H,11H2,1-3H3,(H2,23,24,26,30). The minimum absolute atomic E-state index is 0.202. The highest BCUT2D eigenvalue weighted by atomic mass is 16.5. The molecule has 2 aromatic rings. The maximum atomic E-state index is 12.4. The molecular weight excluding hydrogens is 402 g/mol. The minimum atomic E-state index is -1.23. The molecule has 2 aromatic carbocycles. The number of urea groups is 1. The molecule has 2 N–H and O–H groups in total. The number of anilines is 1. The summed E-state index contributed by atoms with van der Waals surface area (Å²) < 4.78 is 4.89. The summed E-state index contributed by atoms with van der Waals surface area (Å²) >= 11 is 0. The van der Waals surface area contributed by atoms with Crippen molar-refractivity contribution >= 4 is 35.4 Å². The molecule has 9 heteroatoms. The molecule has 5 amide bonds. The molecule has 0 spiro atoms. The third-order valence-electron chi connectivity index (χ3n) is 5.01. The first-order valence-electron chi connectivity index (χ1n) is 9.51. The summed E-state index contributed by atoms with van der Waals surface area (Å²) in [5.41, 5.74) is 2.77. The van der Waals surface area contributed by atoms with Crippen LogP contribution in [0.15, 0.2) is 42.5 Å². The number of nitrogens with zero attached hydrogens (tertiary/aromatic N) is 1. The number of esters is 1. The number of hydrogen-bond acceptors (Lipinski definition) is 6. The lowest BCUT2D eigenvalue weighted by Crippen LogP contribution is -2.45. The first-order chi connectivity index (χ1) is 14.7. The van der Waals surface area contributed by atoms with Crippen molar-refractivity contribution in [3.63, 3.8) is 0 Å². The quantitative estimate of drug-likeness (QED) is 0.562. The number of benzene rings is 2. The van der Waals surface area contributed by atoms with Crippen molar-refractivity contribution in [2.45, 2.75) is 26.8 Å². The lowest BCUT2D eigenvalue weighted by molar-refractivity contribution is -0.151. The Balaban J connectivity index is 1.53. The highest BCUT2D eigenvalue weighted by Crippen LogP contribution is 2.24. The van der Waals surface area contributed by atoms with E-state index < -0.39 is 42.4 Å². The number of imide groups is 2. The van der Waals surface area contributed by atoms with Crippen LogP contribution in [-0.2, 0) is 14.3 Å². The highest BCUT2D eigenvalue weighted by Gasteiger charge is 2.41. The van der Waals surface area contributed by atoms with E-state index in [1.807, 2.05) is 19.9 Å². The molecule has 1 atom stereocenters. The largest absolute Gasteiger partial charge is 0.454 e. The Kier molecular flexibility index (Phi) is 6.15. The van der Waals surface area contributed by atoms with Gasteiger partial charge in [-0.25, -0.2) is 9.59 Å². The van der Waals surface area contributed by atoms with E-state index >= 15 is 0 Å². The molecule has 0 radical (unpaired) electrons. The normalized spacial score (nSPS) is 13.5. The fourth-order valence-corrected chi connectivity index (χ4v) is 3.13. The van der Waals surface area contributed by atoms with Gasteiger partial charge in [0.05, 0.1) is 11.1 Å². The monoisotopic (exact) mass is 423 g/mol. The number of rotatable bonds is 5. The topological polar surface area (TPSA) is 122 Å². The van der Waals surface area contributed by atoms with Crippen molar-refractivity contribution in [3.05, 3.63) is 64.7 Å². The second-order valence-electron chi connectivity index (χ2n) is 7.06. The Morgan fingerprint density at radius 2 is 1.58 bits per heavy atom. The van der Waals surface area contributed by atoms with Gasteiger partial charge in [0, 0.05) is 5.69 Å². The van der Waals surface area contributed by atoms with Crippen LogP contribution in [0.2, 0.25) is 0 Å². The lowest BCUT2D eigenvalue weighted by atomic mass is 10.1. The lowest BCUT2D eigenvalue weighted by Gasteiger charge is -2.20. The number of nitrogens with one attached hydrogen (secondary N) is 2. The zero-order valence-electron chi connectivity index (χ0n) is 17.2. The van der Waals surface area contributed by atoms with E-state index in [4.69, 9.17) is 4.74 Å². The van der Waals surface area contributed by atoms with Crippen LogP contribution in [0.3, 0.4) is 0 Å². The van der Waals surface area contributed by atoms with E-state index in [-0.39, 0.29) is 11.1 Å². The number of carbonyl (C=O) groups is 5. The van der Waals surface area contributed by atoms with Gasteiger partial charge >= 0.3 is 12.0 Å². The van der Waals surface area contributed by atoms with Crippen LogP contribution in [0, 0.1) is 13.8 Å². The van der Waals surface area contributed by atoms with Gasteiger partial charge in [0.1, 0.15) is 6.04 Å². The molecule has 9 nitrogen and oxygen atoms in total. The highest BCUT2D eigenvalue weighted by molar-refractivity contribution is 6.22. The molecule has 3 rings (SSSR count). The second-order valence-corrected chi connectivity index (χ2v) is 7.06. The van der Waals surface area contributed by atoms with E-state index in [9.17, 15) is 24.0 Å². The van der Waals surface area contributed by atoms with Crippen LogP contribution >= 0.6 is 0 Å². The van der Waals surface area contributed by atoms with Gasteiger partial charge in [-0.3, -0.25) is 24.6 Å². The predicted molar refractivity (Wildman–Crippen MR) is 110 cm³/mol. The smallest absolute Gasteiger partial charge is 0.329 e. The van der Waals surface area contributed by atoms with Gasteiger partial charge in [-0.2, -0.15) is 0 Å². The average molecular weight is 423 g/mol. The van der Waals surface area contributed by atoms with Crippen molar-refractivity contribution in [3.8, 4) is 0 Å². The van der Waals surface area contributed by atoms with E-state index in [1.165, 1.54) is 19.1 Å². The Labute approximate surface area is 178 Å². The summed E-state index contributed by atoms with van der Waals surface area (Å²) in [4.78, 5) is 61.9. The molecule has 0 aromatic heterocycles. The van der Waals surface area contributed by atoms with E-state index in [0.29, 0.717) is 5.69 Å². The Bertz CT molecular complexity index is 1060. The van der Waals surface area contributed by atoms with Crippen molar-refractivity contribution < 1.29 is 28.7 Å². The van der Waals surface area contributed by atoms with Crippen LogP contribution in [0.4, 0.5) is 10.5 Å². The molecule has 1 aliphatic heterocycles. The van der Waals surface area contributed by atoms with Crippen molar-refractivity contribution in [2.75, 3.05) is 11.9 Å². The van der Waals surface area contributed by atoms with Gasteiger partial charge in [0.15, 0.2) is 6.61 Å². The number of fused-ring (bicyclic) bond motifs is 1. The maximum absolute atomic E-state index is 12.4. The van der Waals surface area contributed by atoms with Gasteiger partial charge in [-0.15, -0.1) is 0 Å². The van der Waals surface area contributed by atoms with Crippen LogP contribution in [0.1, 0.15) is 38.8 Å². The fraction of sp³-hybridized carbons (Fsp3) is 0.227. The summed E-state index contributed by atoms with van der Waals surface area (Å²) in [7, 11) is 0. The summed E-state index contributed by atoms with van der Waals surface area (Å²) in [5.74, 6) is -3.02. The zero-order chi connectivity index (χ0) is 22.7. The molecule has 1 heterocycles. The molecule has 0 aliphatic carbocycles. The predicted octanol–water partition coefficient (Wildman–Crippen LogP) is 2.18. The fourth-order valence-electron chi connectivity index (χ4n) is 3.13. The molecule has 0 saturated heterocycles. The van der Waals surface area contributed by atoms with E-state index in [1.54, 1.807) is 24.3 Å². The molecule has 160 valence electrons. The molecular formula is C22H21N3O6.